The van der Waals surface area contributed by atoms with Crippen molar-refractivity contribution in [3.63, 3.8) is 0 Å². The van der Waals surface area contributed by atoms with Crippen LogP contribution in [0.2, 0.25) is 0 Å². The third-order valence-electron chi connectivity index (χ3n) is 4.57. The number of hydrogen-bond donors (Lipinski definition) is 1. The van der Waals surface area contributed by atoms with Crippen LogP contribution in [0.5, 0.6) is 0 Å². The molecular weight excluding hydrogens is 224 g/mol. The Hall–Kier alpha value is -0.870. The Labute approximate surface area is 109 Å². The van der Waals surface area contributed by atoms with Gasteiger partial charge in [-0.05, 0) is 39.5 Å². The van der Waals surface area contributed by atoms with Crippen molar-refractivity contribution in [2.75, 3.05) is 0 Å². The highest BCUT2D eigenvalue weighted by Gasteiger charge is 2.39. The van der Waals surface area contributed by atoms with Gasteiger partial charge in [0.15, 0.2) is 0 Å². The molecule has 0 spiro atoms. The van der Waals surface area contributed by atoms with Crippen LogP contribution in [0.4, 0.5) is 0 Å². The van der Waals surface area contributed by atoms with Crippen molar-refractivity contribution >= 4 is 0 Å². The molecule has 0 saturated carbocycles. The minimum atomic E-state index is 0.425. The maximum absolute atomic E-state index is 6.13. The van der Waals surface area contributed by atoms with Crippen LogP contribution in [0.25, 0.3) is 0 Å². The highest BCUT2D eigenvalue weighted by atomic mass is 15.2. The standard InChI is InChI=1S/C14H24N4/c1-10(2)18-9-16-7-14(18)8-17-12-3-4-13(17)6-11(15)5-12/h7,9-13H,3-6,8,15H2,1-2H3. The topological polar surface area (TPSA) is 47.1 Å². The lowest BCUT2D eigenvalue weighted by atomic mass is 9.98. The minimum absolute atomic E-state index is 0.425. The molecule has 1 aromatic heterocycles. The molecule has 0 aromatic carbocycles. The Bertz CT molecular complexity index is 398. The van der Waals surface area contributed by atoms with Crippen LogP contribution < -0.4 is 5.73 Å². The van der Waals surface area contributed by atoms with E-state index in [1.807, 2.05) is 12.5 Å². The van der Waals surface area contributed by atoms with Crippen LogP contribution in [0.3, 0.4) is 0 Å². The zero-order valence-electron chi connectivity index (χ0n) is 11.4. The molecule has 4 nitrogen and oxygen atoms in total. The molecule has 2 unspecified atom stereocenters. The van der Waals surface area contributed by atoms with Crippen molar-refractivity contribution in [3.8, 4) is 0 Å². The monoisotopic (exact) mass is 248 g/mol. The molecule has 2 N–H and O–H groups in total. The van der Waals surface area contributed by atoms with Crippen LogP contribution in [-0.4, -0.2) is 32.6 Å². The van der Waals surface area contributed by atoms with Crippen molar-refractivity contribution in [1.29, 1.82) is 0 Å². The molecule has 2 bridgehead atoms. The summed E-state index contributed by atoms with van der Waals surface area (Å²) in [5, 5.41) is 0. The largest absolute Gasteiger partial charge is 0.331 e. The molecule has 0 radical (unpaired) electrons. The van der Waals surface area contributed by atoms with Crippen LogP contribution in [0.15, 0.2) is 12.5 Å². The summed E-state index contributed by atoms with van der Waals surface area (Å²) in [7, 11) is 0. The number of piperidine rings is 1. The van der Waals surface area contributed by atoms with E-state index in [0.29, 0.717) is 24.2 Å². The molecule has 3 rings (SSSR count). The average Bonchev–Trinajstić information content (AvgIpc) is 2.85. The van der Waals surface area contributed by atoms with Crippen molar-refractivity contribution in [2.24, 2.45) is 5.73 Å². The summed E-state index contributed by atoms with van der Waals surface area (Å²) in [6.45, 7) is 5.47. The van der Waals surface area contributed by atoms with Crippen molar-refractivity contribution in [2.45, 2.75) is 70.2 Å². The van der Waals surface area contributed by atoms with Gasteiger partial charge in [0.1, 0.15) is 0 Å². The highest BCUT2D eigenvalue weighted by Crippen LogP contribution is 2.36. The summed E-state index contributed by atoms with van der Waals surface area (Å²) >= 11 is 0. The van der Waals surface area contributed by atoms with E-state index in [9.17, 15) is 0 Å². The molecule has 2 aliphatic heterocycles. The predicted octanol–water partition coefficient (Wildman–Crippen LogP) is 1.92. The van der Waals surface area contributed by atoms with E-state index in [4.69, 9.17) is 5.73 Å². The lowest BCUT2D eigenvalue weighted by Gasteiger charge is -2.37. The Balaban J connectivity index is 1.75. The van der Waals surface area contributed by atoms with Crippen molar-refractivity contribution < 1.29 is 0 Å². The molecule has 18 heavy (non-hydrogen) atoms. The van der Waals surface area contributed by atoms with Gasteiger partial charge in [-0.2, -0.15) is 0 Å². The molecule has 2 saturated heterocycles. The van der Waals surface area contributed by atoms with Gasteiger partial charge in [-0.1, -0.05) is 0 Å². The number of nitrogens with zero attached hydrogens (tertiary/aromatic N) is 3. The Morgan fingerprint density at radius 1 is 1.33 bits per heavy atom. The number of imidazole rings is 1. The van der Waals surface area contributed by atoms with Crippen LogP contribution in [0, 0.1) is 0 Å². The SMILES string of the molecule is CC(C)n1cncc1CN1C2CCC1CC(N)C2. The number of hydrogen-bond acceptors (Lipinski definition) is 3. The summed E-state index contributed by atoms with van der Waals surface area (Å²) in [6.07, 6.45) is 8.98. The first-order chi connectivity index (χ1) is 8.65. The third kappa shape index (κ3) is 2.08. The first-order valence-corrected chi connectivity index (χ1v) is 7.17. The van der Waals surface area contributed by atoms with Crippen molar-refractivity contribution in [1.82, 2.24) is 14.5 Å². The molecule has 0 amide bonds. The van der Waals surface area contributed by atoms with Gasteiger partial charge in [0.25, 0.3) is 0 Å². The summed E-state index contributed by atoms with van der Waals surface area (Å²) in [5.41, 5.74) is 7.47. The molecular formula is C14H24N4. The Morgan fingerprint density at radius 2 is 2.00 bits per heavy atom. The van der Waals surface area contributed by atoms with Gasteiger partial charge in [-0.3, -0.25) is 4.90 Å². The van der Waals surface area contributed by atoms with E-state index in [0.717, 1.165) is 6.54 Å². The van der Waals surface area contributed by atoms with Gasteiger partial charge in [-0.15, -0.1) is 0 Å². The Kier molecular flexibility index (Phi) is 3.16. The molecule has 4 heteroatoms. The maximum Gasteiger partial charge on any atom is 0.0951 e. The normalized spacial score (nSPS) is 32.3. The average molecular weight is 248 g/mol. The van der Waals surface area contributed by atoms with Crippen LogP contribution in [0.1, 0.15) is 51.3 Å². The van der Waals surface area contributed by atoms with E-state index in [-0.39, 0.29) is 0 Å². The van der Waals surface area contributed by atoms with E-state index in [1.54, 1.807) is 0 Å². The van der Waals surface area contributed by atoms with Gasteiger partial charge in [0, 0.05) is 36.9 Å². The van der Waals surface area contributed by atoms with Gasteiger partial charge in [0.2, 0.25) is 0 Å². The van der Waals surface area contributed by atoms with Gasteiger partial charge in [0.05, 0.1) is 12.0 Å². The predicted molar refractivity (Wildman–Crippen MR) is 72.2 cm³/mol. The van der Waals surface area contributed by atoms with Crippen LogP contribution >= 0.6 is 0 Å². The van der Waals surface area contributed by atoms with E-state index in [1.165, 1.54) is 31.4 Å². The summed E-state index contributed by atoms with van der Waals surface area (Å²) in [6, 6.07) is 2.32. The lowest BCUT2D eigenvalue weighted by molar-refractivity contribution is 0.116. The fraction of sp³-hybridized carbons (Fsp3) is 0.786. The van der Waals surface area contributed by atoms with Gasteiger partial charge >= 0.3 is 0 Å². The second-order valence-corrected chi connectivity index (χ2v) is 6.17. The summed E-state index contributed by atoms with van der Waals surface area (Å²) in [5.74, 6) is 0. The fourth-order valence-corrected chi connectivity index (χ4v) is 3.68. The maximum atomic E-state index is 6.13. The molecule has 0 aliphatic carbocycles. The zero-order valence-corrected chi connectivity index (χ0v) is 11.4. The first kappa shape index (κ1) is 12.2. The van der Waals surface area contributed by atoms with E-state index >= 15 is 0 Å². The molecule has 1 aromatic rings. The first-order valence-electron chi connectivity index (χ1n) is 7.17. The number of fused-ring (bicyclic) bond motifs is 2. The second kappa shape index (κ2) is 4.67. The quantitative estimate of drug-likeness (QED) is 0.889. The smallest absolute Gasteiger partial charge is 0.0951 e. The molecule has 2 fully saturated rings. The fourth-order valence-electron chi connectivity index (χ4n) is 3.68. The minimum Gasteiger partial charge on any atom is -0.331 e. The number of nitrogens with two attached hydrogens (primary N) is 1. The number of rotatable bonds is 3. The Morgan fingerprint density at radius 3 is 2.61 bits per heavy atom. The number of aromatic nitrogens is 2. The van der Waals surface area contributed by atoms with E-state index in [2.05, 4.69) is 28.3 Å². The van der Waals surface area contributed by atoms with Gasteiger partial charge in [-0.25, -0.2) is 4.98 Å². The summed E-state index contributed by atoms with van der Waals surface area (Å²) in [4.78, 5) is 6.97. The lowest BCUT2D eigenvalue weighted by Crippen LogP contribution is -2.47. The highest BCUT2D eigenvalue weighted by molar-refractivity contribution is 5.04. The van der Waals surface area contributed by atoms with E-state index < -0.39 is 0 Å². The molecule has 2 aliphatic rings. The van der Waals surface area contributed by atoms with Crippen LogP contribution in [-0.2, 0) is 6.54 Å². The van der Waals surface area contributed by atoms with Crippen molar-refractivity contribution in [3.05, 3.63) is 18.2 Å². The zero-order chi connectivity index (χ0) is 12.7. The molecule has 100 valence electrons. The van der Waals surface area contributed by atoms with Gasteiger partial charge < -0.3 is 10.3 Å². The summed E-state index contributed by atoms with van der Waals surface area (Å²) < 4.78 is 2.29. The third-order valence-corrected chi connectivity index (χ3v) is 4.57. The molecule has 3 heterocycles. The second-order valence-electron chi connectivity index (χ2n) is 6.17. The molecule has 2 atom stereocenters.